The maximum Gasteiger partial charge on any atom is 0.337 e. The van der Waals surface area contributed by atoms with E-state index in [2.05, 4.69) is 10.1 Å². The molecular weight excluding hydrogens is 348 g/mol. The fraction of sp³-hybridized carbons (Fsp3) is 0.150. The number of methoxy groups -OCH3 is 3. The number of carbonyl (C=O) groups is 2. The first-order valence-electron chi connectivity index (χ1n) is 7.86. The first-order valence-corrected chi connectivity index (χ1v) is 7.86. The van der Waals surface area contributed by atoms with Crippen LogP contribution in [0.25, 0.3) is 6.08 Å². The number of amides is 1. The first kappa shape index (κ1) is 19.5. The van der Waals surface area contributed by atoms with Crippen LogP contribution >= 0.6 is 0 Å². The summed E-state index contributed by atoms with van der Waals surface area (Å²) in [4.78, 5) is 23.8. The summed E-state index contributed by atoms with van der Waals surface area (Å²) in [6.45, 7) is 0. The van der Waals surface area contributed by atoms with Gasteiger partial charge in [-0.2, -0.15) is 5.26 Å². The Labute approximate surface area is 156 Å². The highest BCUT2D eigenvalue weighted by Crippen LogP contribution is 2.32. The molecule has 0 aliphatic rings. The van der Waals surface area contributed by atoms with Gasteiger partial charge in [0.2, 0.25) is 0 Å². The molecular formula is C20H18N2O5. The average Bonchev–Trinajstić information content (AvgIpc) is 2.71. The van der Waals surface area contributed by atoms with Crippen LogP contribution in [0.2, 0.25) is 0 Å². The van der Waals surface area contributed by atoms with Crippen molar-refractivity contribution in [1.82, 2.24) is 0 Å². The molecule has 0 aliphatic heterocycles. The standard InChI is InChI=1S/C20H18N2O5/c1-25-17-6-4-5-14(18(17)26-2)11-15(12-21)19(23)22-16-9-7-13(8-10-16)20(24)27-3/h4-11H,1-3H3,(H,22,23)/b15-11-. The van der Waals surface area contributed by atoms with E-state index in [9.17, 15) is 14.9 Å². The number of rotatable bonds is 6. The number of nitrogens with zero attached hydrogens (tertiary/aromatic N) is 1. The zero-order valence-corrected chi connectivity index (χ0v) is 15.1. The van der Waals surface area contributed by atoms with E-state index in [1.165, 1.54) is 39.5 Å². The molecule has 0 radical (unpaired) electrons. The lowest BCUT2D eigenvalue weighted by molar-refractivity contribution is -0.112. The molecule has 0 aromatic heterocycles. The van der Waals surface area contributed by atoms with Crippen LogP contribution in [-0.4, -0.2) is 33.2 Å². The number of hydrogen-bond donors (Lipinski definition) is 1. The van der Waals surface area contributed by atoms with Crippen molar-refractivity contribution in [1.29, 1.82) is 5.26 Å². The van der Waals surface area contributed by atoms with Crippen LogP contribution in [-0.2, 0) is 9.53 Å². The minimum atomic E-state index is -0.590. The molecule has 1 amide bonds. The summed E-state index contributed by atoms with van der Waals surface area (Å²) < 4.78 is 15.1. The van der Waals surface area contributed by atoms with Gasteiger partial charge in [-0.25, -0.2) is 4.79 Å². The Morgan fingerprint density at radius 2 is 1.74 bits per heavy atom. The zero-order chi connectivity index (χ0) is 19.8. The highest BCUT2D eigenvalue weighted by Gasteiger charge is 2.14. The molecule has 138 valence electrons. The molecule has 0 unspecified atom stereocenters. The van der Waals surface area contributed by atoms with Gasteiger partial charge in [0.25, 0.3) is 5.91 Å². The number of nitriles is 1. The molecule has 2 aromatic rings. The molecule has 0 fully saturated rings. The maximum atomic E-state index is 12.4. The van der Waals surface area contributed by atoms with Gasteiger partial charge in [0, 0.05) is 11.3 Å². The van der Waals surface area contributed by atoms with Gasteiger partial charge in [0.05, 0.1) is 26.9 Å². The Bertz CT molecular complexity index is 911. The Hall–Kier alpha value is -3.79. The Balaban J connectivity index is 2.25. The van der Waals surface area contributed by atoms with Gasteiger partial charge >= 0.3 is 5.97 Å². The summed E-state index contributed by atoms with van der Waals surface area (Å²) in [7, 11) is 4.26. The quantitative estimate of drug-likeness (QED) is 0.479. The fourth-order valence-corrected chi connectivity index (χ4v) is 2.34. The van der Waals surface area contributed by atoms with E-state index < -0.39 is 11.9 Å². The molecule has 0 heterocycles. The van der Waals surface area contributed by atoms with E-state index in [4.69, 9.17) is 9.47 Å². The molecule has 7 heteroatoms. The van der Waals surface area contributed by atoms with Crippen molar-refractivity contribution < 1.29 is 23.8 Å². The summed E-state index contributed by atoms with van der Waals surface area (Å²) in [5.74, 6) is -0.158. The lowest BCUT2D eigenvalue weighted by Gasteiger charge is -2.10. The Morgan fingerprint density at radius 3 is 2.30 bits per heavy atom. The highest BCUT2D eigenvalue weighted by molar-refractivity contribution is 6.10. The van der Waals surface area contributed by atoms with E-state index in [-0.39, 0.29) is 5.57 Å². The van der Waals surface area contributed by atoms with Crippen LogP contribution in [0.4, 0.5) is 5.69 Å². The minimum absolute atomic E-state index is 0.112. The number of hydrogen-bond acceptors (Lipinski definition) is 6. The van der Waals surface area contributed by atoms with E-state index >= 15 is 0 Å². The van der Waals surface area contributed by atoms with Crippen molar-refractivity contribution in [3.05, 3.63) is 59.2 Å². The second kappa shape index (κ2) is 9.06. The second-order valence-electron chi connectivity index (χ2n) is 5.28. The van der Waals surface area contributed by atoms with Crippen LogP contribution in [0.5, 0.6) is 11.5 Å². The van der Waals surface area contributed by atoms with Crippen LogP contribution < -0.4 is 14.8 Å². The van der Waals surface area contributed by atoms with E-state index in [1.807, 2.05) is 6.07 Å². The van der Waals surface area contributed by atoms with Crippen LogP contribution in [0, 0.1) is 11.3 Å². The molecule has 0 aliphatic carbocycles. The minimum Gasteiger partial charge on any atom is -0.493 e. The third-order valence-electron chi connectivity index (χ3n) is 3.66. The number of ether oxygens (including phenoxy) is 3. The topological polar surface area (TPSA) is 97.7 Å². The summed E-state index contributed by atoms with van der Waals surface area (Å²) in [5, 5.41) is 12.0. The van der Waals surface area contributed by atoms with Crippen LogP contribution in [0.15, 0.2) is 48.0 Å². The molecule has 7 nitrogen and oxygen atoms in total. The van der Waals surface area contributed by atoms with E-state index in [0.717, 1.165) is 0 Å². The largest absolute Gasteiger partial charge is 0.493 e. The van der Waals surface area contributed by atoms with Crippen molar-refractivity contribution in [2.75, 3.05) is 26.6 Å². The number of esters is 1. The van der Waals surface area contributed by atoms with Crippen molar-refractivity contribution >= 4 is 23.6 Å². The Kier molecular flexibility index (Phi) is 6.55. The van der Waals surface area contributed by atoms with Gasteiger partial charge in [-0.3, -0.25) is 4.79 Å². The smallest absolute Gasteiger partial charge is 0.337 e. The van der Waals surface area contributed by atoms with Crippen molar-refractivity contribution in [3.63, 3.8) is 0 Å². The van der Waals surface area contributed by atoms with E-state index in [0.29, 0.717) is 28.3 Å². The summed E-state index contributed by atoms with van der Waals surface area (Å²) >= 11 is 0. The average molecular weight is 366 g/mol. The molecule has 0 spiro atoms. The van der Waals surface area contributed by atoms with E-state index in [1.54, 1.807) is 30.3 Å². The molecule has 0 saturated carbocycles. The maximum absolute atomic E-state index is 12.4. The Morgan fingerprint density at radius 1 is 1.04 bits per heavy atom. The molecule has 2 rings (SSSR count). The van der Waals surface area contributed by atoms with Gasteiger partial charge in [-0.1, -0.05) is 12.1 Å². The molecule has 2 aromatic carbocycles. The number of benzene rings is 2. The number of para-hydroxylation sites is 1. The predicted molar refractivity (Wildman–Crippen MR) is 99.5 cm³/mol. The summed E-state index contributed by atoms with van der Waals surface area (Å²) in [6, 6.07) is 13.1. The first-order chi connectivity index (χ1) is 13.0. The SMILES string of the molecule is COC(=O)c1ccc(NC(=O)/C(C#N)=C\c2cccc(OC)c2OC)cc1. The van der Waals surface area contributed by atoms with Gasteiger partial charge in [0.1, 0.15) is 11.6 Å². The monoisotopic (exact) mass is 366 g/mol. The summed E-state index contributed by atoms with van der Waals surface area (Å²) in [6.07, 6.45) is 1.42. The highest BCUT2D eigenvalue weighted by atomic mass is 16.5. The van der Waals surface area contributed by atoms with Gasteiger partial charge in [0.15, 0.2) is 11.5 Å². The second-order valence-corrected chi connectivity index (χ2v) is 5.28. The number of anilines is 1. The lowest BCUT2D eigenvalue weighted by Crippen LogP contribution is -2.13. The third-order valence-corrected chi connectivity index (χ3v) is 3.66. The van der Waals surface area contributed by atoms with Crippen LogP contribution in [0.3, 0.4) is 0 Å². The van der Waals surface area contributed by atoms with Gasteiger partial charge in [-0.15, -0.1) is 0 Å². The van der Waals surface area contributed by atoms with Gasteiger partial charge < -0.3 is 19.5 Å². The van der Waals surface area contributed by atoms with Crippen molar-refractivity contribution in [2.24, 2.45) is 0 Å². The number of carbonyl (C=O) groups excluding carboxylic acids is 2. The molecule has 0 bridgehead atoms. The zero-order valence-electron chi connectivity index (χ0n) is 15.1. The van der Waals surface area contributed by atoms with Crippen molar-refractivity contribution in [2.45, 2.75) is 0 Å². The number of nitrogens with one attached hydrogen (secondary N) is 1. The van der Waals surface area contributed by atoms with Gasteiger partial charge in [-0.05, 0) is 36.4 Å². The molecule has 0 atom stereocenters. The third kappa shape index (κ3) is 4.64. The van der Waals surface area contributed by atoms with Crippen molar-refractivity contribution in [3.8, 4) is 17.6 Å². The fourth-order valence-electron chi connectivity index (χ4n) is 2.34. The summed E-state index contributed by atoms with van der Waals surface area (Å²) in [5.41, 5.74) is 1.21. The molecule has 1 N–H and O–H groups in total. The molecule has 0 saturated heterocycles. The lowest BCUT2D eigenvalue weighted by atomic mass is 10.1. The van der Waals surface area contributed by atoms with Crippen LogP contribution in [0.1, 0.15) is 15.9 Å². The molecule has 27 heavy (non-hydrogen) atoms. The normalized spacial score (nSPS) is 10.5. The predicted octanol–water partition coefficient (Wildman–Crippen LogP) is 3.04.